The van der Waals surface area contributed by atoms with Gasteiger partial charge < -0.3 is 0 Å². The minimum Gasteiger partial charge on any atom is -0.238 e. The fraction of sp³-hybridized carbons (Fsp3) is 0.500. The van der Waals surface area contributed by atoms with Crippen LogP contribution in [0.25, 0.3) is 0 Å². The maximum atomic E-state index is 6.03. The number of halogens is 2. The molecule has 1 rings (SSSR count). The van der Waals surface area contributed by atoms with Gasteiger partial charge in [0.05, 0.1) is 10.4 Å². The van der Waals surface area contributed by atoms with Crippen molar-refractivity contribution in [3.63, 3.8) is 0 Å². The number of alkyl halides is 1. The topological polar surface area (TPSA) is 25.8 Å². The molecule has 0 N–H and O–H groups in total. The monoisotopic (exact) mass is 204 g/mol. The highest BCUT2D eigenvalue weighted by molar-refractivity contribution is 6.30. The van der Waals surface area contributed by atoms with Crippen LogP contribution < -0.4 is 0 Å². The van der Waals surface area contributed by atoms with E-state index in [0.29, 0.717) is 16.8 Å². The second kappa shape index (κ2) is 4.06. The molecule has 1 unspecified atom stereocenters. The zero-order chi connectivity index (χ0) is 9.14. The van der Waals surface area contributed by atoms with E-state index in [1.165, 1.54) is 0 Å². The molecule has 1 aromatic heterocycles. The highest BCUT2D eigenvalue weighted by atomic mass is 35.5. The molecular formula is C8H10Cl2N2. The molecule has 0 fully saturated rings. The first kappa shape index (κ1) is 9.75. The highest BCUT2D eigenvalue weighted by Crippen LogP contribution is 2.25. The van der Waals surface area contributed by atoms with Gasteiger partial charge in [0.15, 0.2) is 0 Å². The normalized spacial score (nSPS) is 13.4. The molecule has 0 spiro atoms. The standard InChI is InChI=1S/C8H10Cl2N2/c1-5(2)7(10)8-11-3-6(9)4-12-8/h3-5,7H,1-2H3. The van der Waals surface area contributed by atoms with Gasteiger partial charge in [0, 0.05) is 12.4 Å². The van der Waals surface area contributed by atoms with Gasteiger partial charge in [0.25, 0.3) is 0 Å². The minimum atomic E-state index is -0.137. The summed E-state index contributed by atoms with van der Waals surface area (Å²) >= 11 is 11.7. The van der Waals surface area contributed by atoms with E-state index in [9.17, 15) is 0 Å². The molecule has 0 saturated heterocycles. The number of hydrogen-bond donors (Lipinski definition) is 0. The maximum absolute atomic E-state index is 6.03. The first-order valence-corrected chi connectivity index (χ1v) is 4.54. The first-order valence-electron chi connectivity index (χ1n) is 3.72. The number of hydrogen-bond acceptors (Lipinski definition) is 2. The summed E-state index contributed by atoms with van der Waals surface area (Å²) in [6, 6.07) is 0. The fourth-order valence-electron chi connectivity index (χ4n) is 0.763. The molecule has 1 aromatic rings. The van der Waals surface area contributed by atoms with E-state index < -0.39 is 0 Å². The molecule has 1 atom stereocenters. The van der Waals surface area contributed by atoms with E-state index in [1.54, 1.807) is 12.4 Å². The Kier molecular flexibility index (Phi) is 3.29. The first-order chi connectivity index (χ1) is 5.61. The average Bonchev–Trinajstić information content (AvgIpc) is 2.04. The van der Waals surface area contributed by atoms with Gasteiger partial charge in [0.1, 0.15) is 5.82 Å². The Morgan fingerprint density at radius 2 is 1.75 bits per heavy atom. The van der Waals surface area contributed by atoms with Crippen molar-refractivity contribution in [2.75, 3.05) is 0 Å². The Bertz CT molecular complexity index is 246. The minimum absolute atomic E-state index is 0.137. The molecule has 0 bridgehead atoms. The zero-order valence-corrected chi connectivity index (χ0v) is 8.47. The van der Waals surface area contributed by atoms with Crippen molar-refractivity contribution in [1.29, 1.82) is 0 Å². The van der Waals surface area contributed by atoms with Crippen molar-refractivity contribution < 1.29 is 0 Å². The Morgan fingerprint density at radius 3 is 2.17 bits per heavy atom. The molecule has 0 saturated carbocycles. The van der Waals surface area contributed by atoms with Gasteiger partial charge in [-0.2, -0.15) is 0 Å². The average molecular weight is 205 g/mol. The van der Waals surface area contributed by atoms with Gasteiger partial charge in [-0.05, 0) is 5.92 Å². The summed E-state index contributed by atoms with van der Waals surface area (Å²) in [6.07, 6.45) is 3.11. The molecule has 4 heteroatoms. The van der Waals surface area contributed by atoms with E-state index in [0.717, 1.165) is 0 Å². The molecular weight excluding hydrogens is 195 g/mol. The Balaban J connectivity index is 2.82. The summed E-state index contributed by atoms with van der Waals surface area (Å²) < 4.78 is 0. The maximum Gasteiger partial charge on any atom is 0.146 e. The smallest absolute Gasteiger partial charge is 0.146 e. The fourth-order valence-corrected chi connectivity index (χ4v) is 0.973. The molecule has 12 heavy (non-hydrogen) atoms. The van der Waals surface area contributed by atoms with E-state index in [-0.39, 0.29) is 5.38 Å². The number of rotatable bonds is 2. The Hall–Kier alpha value is -0.340. The van der Waals surface area contributed by atoms with Crippen LogP contribution in [0.15, 0.2) is 12.4 Å². The predicted molar refractivity (Wildman–Crippen MR) is 50.5 cm³/mol. The van der Waals surface area contributed by atoms with Crippen LogP contribution in [0.1, 0.15) is 25.0 Å². The largest absolute Gasteiger partial charge is 0.238 e. The molecule has 0 aliphatic rings. The molecule has 0 aliphatic carbocycles. The second-order valence-corrected chi connectivity index (χ2v) is 3.81. The van der Waals surface area contributed by atoms with Crippen LogP contribution in [0.2, 0.25) is 5.02 Å². The van der Waals surface area contributed by atoms with Gasteiger partial charge in [-0.1, -0.05) is 25.4 Å². The Morgan fingerprint density at radius 1 is 1.25 bits per heavy atom. The summed E-state index contributed by atoms with van der Waals surface area (Å²) in [4.78, 5) is 8.05. The molecule has 2 nitrogen and oxygen atoms in total. The van der Waals surface area contributed by atoms with E-state index in [2.05, 4.69) is 9.97 Å². The van der Waals surface area contributed by atoms with E-state index in [4.69, 9.17) is 23.2 Å². The summed E-state index contributed by atoms with van der Waals surface area (Å²) in [5.74, 6) is 0.962. The lowest BCUT2D eigenvalue weighted by atomic mass is 10.1. The molecule has 0 aliphatic heterocycles. The van der Waals surface area contributed by atoms with Crippen molar-refractivity contribution in [1.82, 2.24) is 9.97 Å². The SMILES string of the molecule is CC(C)C(Cl)c1ncc(Cl)cn1. The molecule has 0 amide bonds. The van der Waals surface area contributed by atoms with Gasteiger partial charge in [-0.3, -0.25) is 0 Å². The summed E-state index contributed by atoms with van der Waals surface area (Å²) in [5, 5.41) is 0.397. The van der Waals surface area contributed by atoms with Crippen LogP contribution in [-0.2, 0) is 0 Å². The third kappa shape index (κ3) is 2.32. The third-order valence-electron chi connectivity index (χ3n) is 1.47. The van der Waals surface area contributed by atoms with Crippen LogP contribution in [0.5, 0.6) is 0 Å². The van der Waals surface area contributed by atoms with Crippen molar-refractivity contribution in [2.45, 2.75) is 19.2 Å². The molecule has 0 aromatic carbocycles. The molecule has 66 valence electrons. The van der Waals surface area contributed by atoms with Crippen molar-refractivity contribution >= 4 is 23.2 Å². The molecule has 0 radical (unpaired) electrons. The van der Waals surface area contributed by atoms with Crippen LogP contribution in [0, 0.1) is 5.92 Å². The van der Waals surface area contributed by atoms with Crippen LogP contribution in [-0.4, -0.2) is 9.97 Å². The van der Waals surface area contributed by atoms with Gasteiger partial charge in [0.2, 0.25) is 0 Å². The Labute approximate surface area is 81.9 Å². The van der Waals surface area contributed by atoms with E-state index in [1.807, 2.05) is 13.8 Å². The number of aromatic nitrogens is 2. The zero-order valence-electron chi connectivity index (χ0n) is 6.96. The van der Waals surface area contributed by atoms with Gasteiger partial charge >= 0.3 is 0 Å². The lowest BCUT2D eigenvalue weighted by Crippen LogP contribution is -2.03. The van der Waals surface area contributed by atoms with Gasteiger partial charge in [-0.25, -0.2) is 9.97 Å². The number of nitrogens with zero attached hydrogens (tertiary/aromatic N) is 2. The summed E-state index contributed by atoms with van der Waals surface area (Å²) in [6.45, 7) is 4.05. The lowest BCUT2D eigenvalue weighted by molar-refractivity contribution is 0.597. The molecule has 1 heterocycles. The quantitative estimate of drug-likeness (QED) is 0.693. The third-order valence-corrected chi connectivity index (χ3v) is 2.37. The van der Waals surface area contributed by atoms with E-state index >= 15 is 0 Å². The van der Waals surface area contributed by atoms with Crippen molar-refractivity contribution in [3.05, 3.63) is 23.2 Å². The predicted octanol–water partition coefficient (Wildman–Crippen LogP) is 3.07. The van der Waals surface area contributed by atoms with Crippen LogP contribution in [0.4, 0.5) is 0 Å². The summed E-state index contributed by atoms with van der Waals surface area (Å²) in [7, 11) is 0. The van der Waals surface area contributed by atoms with Crippen molar-refractivity contribution in [3.8, 4) is 0 Å². The van der Waals surface area contributed by atoms with Crippen LogP contribution in [0.3, 0.4) is 0 Å². The second-order valence-electron chi connectivity index (χ2n) is 2.91. The van der Waals surface area contributed by atoms with Crippen molar-refractivity contribution in [2.24, 2.45) is 5.92 Å². The lowest BCUT2D eigenvalue weighted by Gasteiger charge is -2.10. The summed E-state index contributed by atoms with van der Waals surface area (Å²) in [5.41, 5.74) is 0. The van der Waals surface area contributed by atoms with Gasteiger partial charge in [-0.15, -0.1) is 11.6 Å². The highest BCUT2D eigenvalue weighted by Gasteiger charge is 2.14. The van der Waals surface area contributed by atoms with Crippen LogP contribution >= 0.6 is 23.2 Å².